The number of hydrogen-bond donors (Lipinski definition) is 1. The van der Waals surface area contributed by atoms with Gasteiger partial charge in [0.15, 0.2) is 5.78 Å². The van der Waals surface area contributed by atoms with Gasteiger partial charge >= 0.3 is 0 Å². The van der Waals surface area contributed by atoms with E-state index in [2.05, 4.69) is 0 Å². The van der Waals surface area contributed by atoms with Crippen molar-refractivity contribution in [2.24, 2.45) is 11.7 Å². The first kappa shape index (κ1) is 11.3. The van der Waals surface area contributed by atoms with Crippen molar-refractivity contribution in [1.82, 2.24) is 0 Å². The molecular weight excluding hydrogens is 198 g/mol. The van der Waals surface area contributed by atoms with Crippen LogP contribution in [0.1, 0.15) is 40.7 Å². The second-order valence-corrected chi connectivity index (χ2v) is 4.95. The molecule has 2 rings (SSSR count). The Morgan fingerprint density at radius 1 is 1.44 bits per heavy atom. The zero-order chi connectivity index (χ0) is 11.7. The molecule has 86 valence electrons. The topological polar surface area (TPSA) is 43.1 Å². The summed E-state index contributed by atoms with van der Waals surface area (Å²) in [6.45, 7) is 3.99. The van der Waals surface area contributed by atoms with Crippen molar-refractivity contribution in [3.63, 3.8) is 0 Å². The van der Waals surface area contributed by atoms with Crippen LogP contribution in [0.25, 0.3) is 0 Å². The maximum Gasteiger partial charge on any atom is 0.164 e. The second-order valence-electron chi connectivity index (χ2n) is 4.95. The summed E-state index contributed by atoms with van der Waals surface area (Å²) in [5.41, 5.74) is 9.02. The van der Waals surface area contributed by atoms with E-state index < -0.39 is 0 Å². The van der Waals surface area contributed by atoms with Crippen molar-refractivity contribution in [3.05, 3.63) is 34.9 Å². The van der Waals surface area contributed by atoms with Crippen LogP contribution in [0.2, 0.25) is 0 Å². The summed E-state index contributed by atoms with van der Waals surface area (Å²) < 4.78 is 0. The molecule has 2 heteroatoms. The average Bonchev–Trinajstić information content (AvgIpc) is 3.04. The molecule has 0 heterocycles. The molecule has 1 aliphatic rings. The highest BCUT2D eigenvalue weighted by Gasteiger charge is 2.30. The summed E-state index contributed by atoms with van der Waals surface area (Å²) in [5.74, 6) is 0.787. The molecular formula is C14H19NO. The van der Waals surface area contributed by atoms with E-state index in [0.717, 1.165) is 16.7 Å². The Labute approximate surface area is 96.8 Å². The van der Waals surface area contributed by atoms with E-state index in [4.69, 9.17) is 5.73 Å². The molecule has 0 spiro atoms. The van der Waals surface area contributed by atoms with Gasteiger partial charge in [-0.05, 0) is 44.2 Å². The van der Waals surface area contributed by atoms with Crippen LogP contribution in [-0.2, 0) is 0 Å². The second kappa shape index (κ2) is 4.38. The molecule has 0 amide bonds. The minimum absolute atomic E-state index is 0.0624. The molecule has 0 aromatic heterocycles. The number of aryl methyl sites for hydroxylation is 2. The molecule has 1 fully saturated rings. The predicted molar refractivity (Wildman–Crippen MR) is 65.6 cm³/mol. The Kier molecular flexibility index (Phi) is 3.10. The molecule has 1 unspecified atom stereocenters. The fraction of sp³-hybridized carbons (Fsp3) is 0.500. The third kappa shape index (κ3) is 2.50. The van der Waals surface area contributed by atoms with Gasteiger partial charge in [0.25, 0.3) is 0 Å². The summed E-state index contributed by atoms with van der Waals surface area (Å²) in [6, 6.07) is 6.07. The van der Waals surface area contributed by atoms with Crippen molar-refractivity contribution < 1.29 is 4.79 Å². The van der Waals surface area contributed by atoms with Crippen LogP contribution in [0, 0.1) is 19.8 Å². The molecule has 2 nitrogen and oxygen atoms in total. The quantitative estimate of drug-likeness (QED) is 0.788. The molecule has 16 heavy (non-hydrogen) atoms. The number of benzene rings is 1. The number of hydrogen-bond acceptors (Lipinski definition) is 2. The fourth-order valence-electron chi connectivity index (χ4n) is 2.05. The Morgan fingerprint density at radius 2 is 2.12 bits per heavy atom. The molecule has 1 atom stereocenters. The molecule has 0 aliphatic heterocycles. The van der Waals surface area contributed by atoms with Gasteiger partial charge in [0.05, 0.1) is 0 Å². The van der Waals surface area contributed by atoms with Gasteiger partial charge in [0.2, 0.25) is 0 Å². The highest BCUT2D eigenvalue weighted by atomic mass is 16.1. The van der Waals surface area contributed by atoms with Crippen LogP contribution in [0.15, 0.2) is 18.2 Å². The van der Waals surface area contributed by atoms with Crippen molar-refractivity contribution in [3.8, 4) is 0 Å². The number of ketones is 1. The molecule has 1 saturated carbocycles. The SMILES string of the molecule is Cc1ccc(C)c(C(=O)CC(N)C2CC2)c1. The number of Topliss-reactive ketones (excluding diaryl/α,β-unsaturated/α-hetero) is 1. The number of carbonyl (C=O) groups excluding carboxylic acids is 1. The first-order valence-corrected chi connectivity index (χ1v) is 5.94. The summed E-state index contributed by atoms with van der Waals surface area (Å²) in [6.07, 6.45) is 2.89. The lowest BCUT2D eigenvalue weighted by molar-refractivity contribution is 0.0971. The van der Waals surface area contributed by atoms with Gasteiger partial charge in [0.1, 0.15) is 0 Å². The standard InChI is InChI=1S/C14H19NO/c1-9-3-4-10(2)12(7-9)14(16)8-13(15)11-5-6-11/h3-4,7,11,13H,5-6,8,15H2,1-2H3. The van der Waals surface area contributed by atoms with E-state index in [-0.39, 0.29) is 11.8 Å². The van der Waals surface area contributed by atoms with Gasteiger partial charge < -0.3 is 5.73 Å². The largest absolute Gasteiger partial charge is 0.327 e. The molecule has 1 aromatic rings. The number of rotatable bonds is 4. The highest BCUT2D eigenvalue weighted by Crippen LogP contribution is 2.33. The van der Waals surface area contributed by atoms with Gasteiger partial charge in [-0.25, -0.2) is 0 Å². The van der Waals surface area contributed by atoms with Gasteiger partial charge in [-0.3, -0.25) is 4.79 Å². The van der Waals surface area contributed by atoms with E-state index in [9.17, 15) is 4.79 Å². The molecule has 0 saturated heterocycles. The maximum atomic E-state index is 12.1. The summed E-state index contributed by atoms with van der Waals surface area (Å²) >= 11 is 0. The van der Waals surface area contributed by atoms with Crippen molar-refractivity contribution >= 4 is 5.78 Å². The Hall–Kier alpha value is -1.15. The summed E-state index contributed by atoms with van der Waals surface area (Å²) in [5, 5.41) is 0. The van der Waals surface area contributed by atoms with E-state index >= 15 is 0 Å². The van der Waals surface area contributed by atoms with E-state index in [1.165, 1.54) is 12.8 Å². The smallest absolute Gasteiger partial charge is 0.164 e. The molecule has 1 aliphatic carbocycles. The van der Waals surface area contributed by atoms with Crippen LogP contribution in [0.5, 0.6) is 0 Å². The van der Waals surface area contributed by atoms with E-state index in [1.807, 2.05) is 32.0 Å². The third-order valence-corrected chi connectivity index (χ3v) is 3.34. The van der Waals surface area contributed by atoms with Crippen molar-refractivity contribution in [2.45, 2.75) is 39.2 Å². The van der Waals surface area contributed by atoms with Crippen LogP contribution in [-0.4, -0.2) is 11.8 Å². The van der Waals surface area contributed by atoms with Crippen molar-refractivity contribution in [1.29, 1.82) is 0 Å². The lowest BCUT2D eigenvalue weighted by Gasteiger charge is -2.11. The zero-order valence-corrected chi connectivity index (χ0v) is 9.99. The maximum absolute atomic E-state index is 12.1. The van der Waals surface area contributed by atoms with E-state index in [1.54, 1.807) is 0 Å². The Balaban J connectivity index is 2.10. The monoisotopic (exact) mass is 217 g/mol. The van der Waals surface area contributed by atoms with Crippen LogP contribution in [0.4, 0.5) is 0 Å². The van der Waals surface area contributed by atoms with Crippen LogP contribution in [0.3, 0.4) is 0 Å². The van der Waals surface area contributed by atoms with Gasteiger partial charge in [-0.1, -0.05) is 17.7 Å². The molecule has 0 bridgehead atoms. The Bertz CT molecular complexity index is 407. The lowest BCUT2D eigenvalue weighted by atomic mass is 9.96. The first-order chi connectivity index (χ1) is 7.58. The Morgan fingerprint density at radius 3 is 2.75 bits per heavy atom. The predicted octanol–water partition coefficient (Wildman–Crippen LogP) is 2.61. The molecule has 0 radical (unpaired) electrons. The van der Waals surface area contributed by atoms with Crippen molar-refractivity contribution in [2.75, 3.05) is 0 Å². The van der Waals surface area contributed by atoms with Crippen LogP contribution >= 0.6 is 0 Å². The van der Waals surface area contributed by atoms with Gasteiger partial charge in [-0.2, -0.15) is 0 Å². The lowest BCUT2D eigenvalue weighted by Crippen LogP contribution is -2.26. The highest BCUT2D eigenvalue weighted by molar-refractivity contribution is 5.98. The first-order valence-electron chi connectivity index (χ1n) is 5.94. The third-order valence-electron chi connectivity index (χ3n) is 3.34. The van der Waals surface area contributed by atoms with Gasteiger partial charge in [-0.15, -0.1) is 0 Å². The number of nitrogens with two attached hydrogens (primary N) is 1. The van der Waals surface area contributed by atoms with Gasteiger partial charge in [0, 0.05) is 18.0 Å². The minimum atomic E-state index is 0.0624. The zero-order valence-electron chi connectivity index (χ0n) is 9.99. The number of carbonyl (C=O) groups is 1. The normalized spacial score (nSPS) is 17.2. The average molecular weight is 217 g/mol. The minimum Gasteiger partial charge on any atom is -0.327 e. The summed E-state index contributed by atoms with van der Waals surface area (Å²) in [7, 11) is 0. The fourth-order valence-corrected chi connectivity index (χ4v) is 2.05. The van der Waals surface area contributed by atoms with Crippen LogP contribution < -0.4 is 5.73 Å². The molecule has 2 N–H and O–H groups in total. The summed E-state index contributed by atoms with van der Waals surface area (Å²) in [4.78, 5) is 12.1. The van der Waals surface area contributed by atoms with E-state index in [0.29, 0.717) is 12.3 Å². The molecule has 1 aromatic carbocycles.